The van der Waals surface area contributed by atoms with E-state index in [2.05, 4.69) is 21.0 Å². The van der Waals surface area contributed by atoms with Gasteiger partial charge in [0.2, 0.25) is 20.8 Å². The third-order valence-corrected chi connectivity index (χ3v) is 3.36. The summed E-state index contributed by atoms with van der Waals surface area (Å²) in [6.07, 6.45) is 0. The Balaban J connectivity index is 0. The average molecular weight is 312 g/mol. The van der Waals surface area contributed by atoms with Crippen LogP contribution in [0.2, 0.25) is 0 Å². The van der Waals surface area contributed by atoms with Gasteiger partial charge >= 0.3 is 0 Å². The van der Waals surface area contributed by atoms with Crippen molar-refractivity contribution in [2.75, 3.05) is 40.9 Å². The van der Waals surface area contributed by atoms with Crippen molar-refractivity contribution in [2.45, 2.75) is 6.92 Å². The Labute approximate surface area is 107 Å². The van der Waals surface area contributed by atoms with E-state index < -0.39 is 20.8 Å². The van der Waals surface area contributed by atoms with Crippen LogP contribution in [-0.2, 0) is 25.6 Å². The molecule has 0 radical (unpaired) electrons. The molecule has 0 spiro atoms. The molecule has 0 unspecified atom stereocenters. The van der Waals surface area contributed by atoms with Crippen molar-refractivity contribution in [3.63, 3.8) is 0 Å². The number of hydrogen-bond acceptors (Lipinski definition) is 5. The molecule has 0 saturated carbocycles. The topological polar surface area (TPSA) is 91.6 Å². The van der Waals surface area contributed by atoms with E-state index in [-0.39, 0.29) is 0 Å². The van der Waals surface area contributed by atoms with Gasteiger partial charge in [0, 0.05) is 7.11 Å². The van der Waals surface area contributed by atoms with Gasteiger partial charge in [-0.3, -0.25) is 0 Å². The first-order chi connectivity index (χ1) is 7.83. The molecular formula is C7H18F2N2O5S2. The van der Waals surface area contributed by atoms with Gasteiger partial charge in [-0.1, -0.05) is 0 Å². The smallest absolute Gasteiger partial charge is 0.241 e. The van der Waals surface area contributed by atoms with Crippen molar-refractivity contribution < 1.29 is 33.8 Å². The summed E-state index contributed by atoms with van der Waals surface area (Å²) in [5.41, 5.74) is 0. The number of nitrogens with zero attached hydrogens (tertiary/aromatic N) is 2. The van der Waals surface area contributed by atoms with Crippen LogP contribution in [0.1, 0.15) is 6.92 Å². The van der Waals surface area contributed by atoms with E-state index in [0.717, 1.165) is 21.8 Å². The maximum absolute atomic E-state index is 11.1. The van der Waals surface area contributed by atoms with Crippen LogP contribution in [0.3, 0.4) is 0 Å². The van der Waals surface area contributed by atoms with Gasteiger partial charge < -0.3 is 13.3 Å². The molecule has 0 rings (SSSR count). The Hall–Kier alpha value is -0.360. The zero-order valence-electron chi connectivity index (χ0n) is 10.6. The van der Waals surface area contributed by atoms with Gasteiger partial charge in [-0.25, -0.2) is 16.8 Å². The van der Waals surface area contributed by atoms with Crippen molar-refractivity contribution in [1.29, 1.82) is 0 Å². The summed E-state index contributed by atoms with van der Waals surface area (Å²) in [4.78, 5) is 0. The summed E-state index contributed by atoms with van der Waals surface area (Å²) in [5.74, 6) is 0. The molecule has 18 heavy (non-hydrogen) atoms. The average Bonchev–Trinajstić information content (AvgIpc) is 2.10. The minimum Gasteiger partial charge on any atom is -0.379 e. The number of quaternary nitrogens is 1. The summed E-state index contributed by atoms with van der Waals surface area (Å²) < 4.78 is 66.1. The second-order valence-corrected chi connectivity index (χ2v) is 6.11. The van der Waals surface area contributed by atoms with E-state index in [1.807, 2.05) is 0 Å². The lowest BCUT2D eigenvalue weighted by Gasteiger charge is -2.27. The summed E-state index contributed by atoms with van der Waals surface area (Å²) in [5, 5.41) is 0. The van der Waals surface area contributed by atoms with Crippen LogP contribution in [0.15, 0.2) is 0 Å². The van der Waals surface area contributed by atoms with Crippen LogP contribution in [0.25, 0.3) is 4.13 Å². The highest BCUT2D eigenvalue weighted by Crippen LogP contribution is 2.11. The third kappa shape index (κ3) is 18.0. The third-order valence-electron chi connectivity index (χ3n) is 1.93. The fraction of sp³-hybridized carbons (Fsp3) is 1.00. The molecule has 11 heteroatoms. The van der Waals surface area contributed by atoms with E-state index in [4.69, 9.17) is 4.74 Å². The second kappa shape index (κ2) is 7.94. The fourth-order valence-electron chi connectivity index (χ4n) is 0.603. The van der Waals surface area contributed by atoms with Gasteiger partial charge in [-0.2, -0.15) is 0 Å². The SMILES string of the molecule is CC[N+](C)(C)CCOC.O=S(=O)(F)[N-]S(=O)(=O)F. The van der Waals surface area contributed by atoms with Crippen molar-refractivity contribution >= 4 is 20.8 Å². The molecule has 0 bridgehead atoms. The maximum Gasteiger partial charge on any atom is 0.241 e. The molecule has 0 aliphatic rings. The van der Waals surface area contributed by atoms with Gasteiger partial charge in [0.15, 0.2) is 0 Å². The summed E-state index contributed by atoms with van der Waals surface area (Å²) >= 11 is 0. The molecule has 0 aromatic carbocycles. The summed E-state index contributed by atoms with van der Waals surface area (Å²) in [6.45, 7) is 5.33. The fourth-order valence-corrected chi connectivity index (χ4v) is 1.45. The van der Waals surface area contributed by atoms with Crippen LogP contribution >= 0.6 is 0 Å². The molecular weight excluding hydrogens is 294 g/mol. The molecule has 0 aliphatic heterocycles. The first kappa shape index (κ1) is 20.0. The second-order valence-electron chi connectivity index (χ2n) is 3.87. The molecule has 0 aliphatic carbocycles. The monoisotopic (exact) mass is 312 g/mol. The van der Waals surface area contributed by atoms with E-state index in [1.165, 1.54) is 6.54 Å². The van der Waals surface area contributed by atoms with Crippen molar-refractivity contribution in [1.82, 2.24) is 0 Å². The Kier molecular flexibility index (Phi) is 8.81. The first-order valence-corrected chi connectivity index (χ1v) is 7.45. The standard InChI is InChI=1S/C7H18NO.F2NO4S2/c1-5-8(2,3)6-7-9-4;1-8(4,5)3-9(2,6)7/h5-7H2,1-4H3;/q+1;-1. The van der Waals surface area contributed by atoms with E-state index in [1.54, 1.807) is 7.11 Å². The Morgan fingerprint density at radius 2 is 1.50 bits per heavy atom. The maximum atomic E-state index is 11.1. The molecule has 0 saturated heterocycles. The molecule has 0 fully saturated rings. The normalized spacial score (nSPS) is 12.8. The molecule has 0 atom stereocenters. The first-order valence-electron chi connectivity index (χ1n) is 4.77. The highest BCUT2D eigenvalue weighted by molar-refractivity contribution is 8.07. The number of likely N-dealkylation sites (N-methyl/N-ethyl adjacent to an activating group) is 1. The highest BCUT2D eigenvalue weighted by Gasteiger charge is 2.09. The Bertz CT molecular complexity index is 391. The van der Waals surface area contributed by atoms with Crippen LogP contribution in [0, 0.1) is 0 Å². The van der Waals surface area contributed by atoms with Gasteiger partial charge in [0.1, 0.15) is 6.54 Å². The number of hydrogen-bond donors (Lipinski definition) is 0. The molecule has 0 N–H and O–H groups in total. The predicted molar refractivity (Wildman–Crippen MR) is 62.8 cm³/mol. The van der Waals surface area contributed by atoms with E-state index in [9.17, 15) is 24.6 Å². The highest BCUT2D eigenvalue weighted by atomic mass is 32.3. The van der Waals surface area contributed by atoms with Crippen LogP contribution in [-0.4, -0.2) is 62.2 Å². The van der Waals surface area contributed by atoms with E-state index in [0.29, 0.717) is 0 Å². The van der Waals surface area contributed by atoms with Crippen molar-refractivity contribution in [3.05, 3.63) is 4.13 Å². The quantitative estimate of drug-likeness (QED) is 0.526. The molecule has 0 amide bonds. The number of rotatable bonds is 6. The van der Waals surface area contributed by atoms with Crippen LogP contribution in [0.4, 0.5) is 7.77 Å². The number of methoxy groups -OCH3 is 1. The molecule has 0 aromatic heterocycles. The van der Waals surface area contributed by atoms with Crippen LogP contribution < -0.4 is 0 Å². The summed E-state index contributed by atoms with van der Waals surface area (Å²) in [7, 11) is -5.08. The number of ether oxygens (including phenoxy) is 1. The zero-order valence-corrected chi connectivity index (χ0v) is 12.3. The molecule has 0 heterocycles. The van der Waals surface area contributed by atoms with Gasteiger partial charge in [-0.05, 0) is 6.92 Å². The van der Waals surface area contributed by atoms with Gasteiger partial charge in [0.05, 0.1) is 27.2 Å². The molecule has 7 nitrogen and oxygen atoms in total. The molecule has 112 valence electrons. The summed E-state index contributed by atoms with van der Waals surface area (Å²) in [6, 6.07) is 0. The van der Waals surface area contributed by atoms with Crippen molar-refractivity contribution in [2.24, 2.45) is 0 Å². The minimum absolute atomic E-state index is 0.862. The lowest BCUT2D eigenvalue weighted by atomic mass is 10.4. The lowest BCUT2D eigenvalue weighted by molar-refractivity contribution is -0.888. The Morgan fingerprint density at radius 1 is 1.11 bits per heavy atom. The van der Waals surface area contributed by atoms with Gasteiger partial charge in [-0.15, -0.1) is 7.77 Å². The largest absolute Gasteiger partial charge is 0.379 e. The van der Waals surface area contributed by atoms with Crippen molar-refractivity contribution in [3.8, 4) is 0 Å². The van der Waals surface area contributed by atoms with E-state index >= 15 is 0 Å². The van der Waals surface area contributed by atoms with Crippen LogP contribution in [0.5, 0.6) is 0 Å². The zero-order chi connectivity index (χ0) is 15.0. The number of halogens is 2. The molecule has 0 aromatic rings. The van der Waals surface area contributed by atoms with Gasteiger partial charge in [0.25, 0.3) is 0 Å². The predicted octanol–water partition coefficient (Wildman–Crippen LogP) is 0.518. The Morgan fingerprint density at radius 3 is 1.67 bits per heavy atom. The minimum atomic E-state index is -5.62. The lowest BCUT2D eigenvalue weighted by Crippen LogP contribution is -2.41.